The summed E-state index contributed by atoms with van der Waals surface area (Å²) in [6.45, 7) is 0.583. The molecule has 3 rings (SSSR count). The van der Waals surface area contributed by atoms with Crippen LogP contribution in [0.3, 0.4) is 0 Å². The van der Waals surface area contributed by atoms with Gasteiger partial charge in [0, 0.05) is 30.4 Å². The maximum absolute atomic E-state index is 12.2. The Morgan fingerprint density at radius 1 is 1.00 bits per heavy atom. The van der Waals surface area contributed by atoms with Crippen LogP contribution in [0, 0.1) is 0 Å². The number of carbonyl (C=O) groups excluding carboxylic acids is 1. The van der Waals surface area contributed by atoms with Gasteiger partial charge in [0.1, 0.15) is 5.75 Å². The summed E-state index contributed by atoms with van der Waals surface area (Å²) in [4.78, 5) is 12.2. The lowest BCUT2D eigenvalue weighted by molar-refractivity contribution is -0.111. The zero-order valence-corrected chi connectivity index (χ0v) is 18.7. The largest absolute Gasteiger partial charge is 0.506 e. The lowest BCUT2D eigenvalue weighted by Gasteiger charge is -2.15. The second-order valence-electron chi connectivity index (χ2n) is 7.07. The van der Waals surface area contributed by atoms with E-state index < -0.39 is 0 Å². The number of aromatic hydroxyl groups is 1. The zero-order chi connectivity index (χ0) is 23.8. The van der Waals surface area contributed by atoms with E-state index in [9.17, 15) is 9.90 Å². The Labute approximate surface area is 192 Å². The topological polar surface area (TPSA) is 115 Å². The van der Waals surface area contributed by atoms with E-state index in [4.69, 9.17) is 19.9 Å². The van der Waals surface area contributed by atoms with Gasteiger partial charge in [0.2, 0.25) is 11.7 Å². The van der Waals surface area contributed by atoms with Crippen LogP contribution in [-0.2, 0) is 11.3 Å². The first-order chi connectivity index (χ1) is 15.9. The summed E-state index contributed by atoms with van der Waals surface area (Å²) in [6.07, 6.45) is 3.11. The fourth-order valence-corrected chi connectivity index (χ4v) is 3.14. The van der Waals surface area contributed by atoms with Gasteiger partial charge in [-0.1, -0.05) is 30.3 Å². The number of methoxy groups -OCH3 is 3. The standard InChI is InChI=1S/C25H27N3O5/c1-31-21-13-18(14-22(32-2)25(21)33-3)27-15-17-9-7-16(8-10-17)11-12-23(30)28-19-5-4-6-20(29)24(19)26/h4-14,27,29H,15,26H2,1-3H3,(H,28,30). The quantitative estimate of drug-likeness (QED) is 0.219. The molecular formula is C25H27N3O5. The molecule has 3 aromatic rings. The highest BCUT2D eigenvalue weighted by atomic mass is 16.5. The Balaban J connectivity index is 1.60. The van der Waals surface area contributed by atoms with Crippen LogP contribution in [0.5, 0.6) is 23.0 Å². The molecule has 0 atom stereocenters. The first kappa shape index (κ1) is 23.3. The lowest BCUT2D eigenvalue weighted by Crippen LogP contribution is -2.09. The lowest BCUT2D eigenvalue weighted by atomic mass is 10.1. The molecule has 1 amide bonds. The van der Waals surface area contributed by atoms with Gasteiger partial charge in [-0.25, -0.2) is 0 Å². The Morgan fingerprint density at radius 2 is 1.67 bits per heavy atom. The predicted octanol–water partition coefficient (Wildman–Crippen LogP) is 4.26. The number of hydrogen-bond donors (Lipinski definition) is 4. The molecule has 0 saturated heterocycles. The molecule has 3 aromatic carbocycles. The monoisotopic (exact) mass is 449 g/mol. The van der Waals surface area contributed by atoms with Gasteiger partial charge in [0.05, 0.1) is 32.7 Å². The molecule has 0 unspecified atom stereocenters. The summed E-state index contributed by atoms with van der Waals surface area (Å²) in [5.41, 5.74) is 8.99. The van der Waals surface area contributed by atoms with Crippen molar-refractivity contribution in [3.05, 3.63) is 71.8 Å². The van der Waals surface area contributed by atoms with Crippen LogP contribution >= 0.6 is 0 Å². The molecule has 33 heavy (non-hydrogen) atoms. The molecule has 0 spiro atoms. The number of anilines is 3. The maximum atomic E-state index is 12.2. The van der Waals surface area contributed by atoms with E-state index in [1.165, 1.54) is 12.1 Å². The number of nitrogens with one attached hydrogen (secondary N) is 2. The summed E-state index contributed by atoms with van der Waals surface area (Å²) in [6, 6.07) is 16.1. The molecule has 172 valence electrons. The highest BCUT2D eigenvalue weighted by Gasteiger charge is 2.13. The molecule has 0 heterocycles. The van der Waals surface area contributed by atoms with Crippen LogP contribution in [-0.4, -0.2) is 32.3 Å². The van der Waals surface area contributed by atoms with Gasteiger partial charge in [-0.15, -0.1) is 0 Å². The Bertz CT molecular complexity index is 1120. The zero-order valence-electron chi connectivity index (χ0n) is 18.7. The number of nitrogens with two attached hydrogens (primary N) is 1. The van der Waals surface area contributed by atoms with Gasteiger partial charge in [-0.3, -0.25) is 4.79 Å². The van der Waals surface area contributed by atoms with Crippen molar-refractivity contribution in [3.63, 3.8) is 0 Å². The molecule has 0 aliphatic carbocycles. The average molecular weight is 450 g/mol. The van der Waals surface area contributed by atoms with Gasteiger partial charge < -0.3 is 35.7 Å². The molecule has 0 aliphatic heterocycles. The summed E-state index contributed by atoms with van der Waals surface area (Å²) < 4.78 is 16.1. The number of hydrogen-bond acceptors (Lipinski definition) is 7. The first-order valence-electron chi connectivity index (χ1n) is 10.1. The highest BCUT2D eigenvalue weighted by molar-refractivity contribution is 6.04. The Kier molecular flexibility index (Phi) is 7.64. The van der Waals surface area contributed by atoms with Crippen molar-refractivity contribution in [1.29, 1.82) is 0 Å². The number of amides is 1. The predicted molar refractivity (Wildman–Crippen MR) is 130 cm³/mol. The minimum Gasteiger partial charge on any atom is -0.506 e. The summed E-state index contributed by atoms with van der Waals surface area (Å²) in [7, 11) is 4.72. The molecule has 5 N–H and O–H groups in total. The number of benzene rings is 3. The maximum Gasteiger partial charge on any atom is 0.248 e. The van der Waals surface area contributed by atoms with E-state index in [-0.39, 0.29) is 17.3 Å². The number of phenols is 1. The fraction of sp³-hybridized carbons (Fsp3) is 0.160. The Morgan fingerprint density at radius 3 is 2.27 bits per heavy atom. The van der Waals surface area contributed by atoms with Gasteiger partial charge in [0.15, 0.2) is 11.5 Å². The van der Waals surface area contributed by atoms with E-state index >= 15 is 0 Å². The van der Waals surface area contributed by atoms with Crippen molar-refractivity contribution in [2.75, 3.05) is 37.7 Å². The summed E-state index contributed by atoms with van der Waals surface area (Å²) in [5, 5.41) is 15.6. The molecule has 0 radical (unpaired) electrons. The van der Waals surface area contributed by atoms with Crippen LogP contribution in [0.1, 0.15) is 11.1 Å². The fourth-order valence-electron chi connectivity index (χ4n) is 3.14. The average Bonchev–Trinajstić information content (AvgIpc) is 2.84. The van der Waals surface area contributed by atoms with Gasteiger partial charge >= 0.3 is 0 Å². The van der Waals surface area contributed by atoms with Crippen LogP contribution in [0.25, 0.3) is 6.08 Å². The van der Waals surface area contributed by atoms with Crippen molar-refractivity contribution >= 4 is 29.0 Å². The van der Waals surface area contributed by atoms with Gasteiger partial charge in [-0.2, -0.15) is 0 Å². The van der Waals surface area contributed by atoms with Gasteiger partial charge in [0.25, 0.3) is 0 Å². The van der Waals surface area contributed by atoms with Crippen LogP contribution < -0.4 is 30.6 Å². The SMILES string of the molecule is COc1cc(NCc2ccc(C=CC(=O)Nc3cccc(O)c3N)cc2)cc(OC)c1OC. The van der Waals surface area contributed by atoms with Crippen molar-refractivity contribution in [2.45, 2.75) is 6.54 Å². The van der Waals surface area contributed by atoms with Crippen LogP contribution in [0.4, 0.5) is 17.1 Å². The number of ether oxygens (including phenoxy) is 3. The summed E-state index contributed by atoms with van der Waals surface area (Å²) in [5.74, 6) is 1.27. The highest BCUT2D eigenvalue weighted by Crippen LogP contribution is 2.40. The van der Waals surface area contributed by atoms with E-state index in [2.05, 4.69) is 10.6 Å². The molecule has 0 bridgehead atoms. The third-order valence-electron chi connectivity index (χ3n) is 4.91. The number of nitrogen functional groups attached to an aromatic ring is 1. The molecule has 0 saturated carbocycles. The number of phenolic OH excluding ortho intramolecular Hbond substituents is 1. The smallest absolute Gasteiger partial charge is 0.248 e. The number of carbonyl (C=O) groups is 1. The van der Waals surface area contributed by atoms with Crippen molar-refractivity contribution < 1.29 is 24.1 Å². The van der Waals surface area contributed by atoms with Crippen molar-refractivity contribution in [3.8, 4) is 23.0 Å². The normalized spacial score (nSPS) is 10.6. The van der Waals surface area contributed by atoms with Crippen molar-refractivity contribution in [2.24, 2.45) is 0 Å². The Hall–Kier alpha value is -4.33. The second kappa shape index (κ2) is 10.8. The molecule has 0 fully saturated rings. The molecule has 8 heteroatoms. The third-order valence-corrected chi connectivity index (χ3v) is 4.91. The first-order valence-corrected chi connectivity index (χ1v) is 10.1. The second-order valence-corrected chi connectivity index (χ2v) is 7.07. The van der Waals surface area contributed by atoms with Crippen LogP contribution in [0.15, 0.2) is 60.7 Å². The number of para-hydroxylation sites is 1. The molecular weight excluding hydrogens is 422 g/mol. The molecule has 0 aromatic heterocycles. The van der Waals surface area contributed by atoms with Gasteiger partial charge in [-0.05, 0) is 29.3 Å². The third kappa shape index (κ3) is 5.88. The van der Waals surface area contributed by atoms with E-state index in [1.54, 1.807) is 39.5 Å². The number of rotatable bonds is 9. The summed E-state index contributed by atoms with van der Waals surface area (Å²) >= 11 is 0. The van der Waals surface area contributed by atoms with Crippen molar-refractivity contribution in [1.82, 2.24) is 0 Å². The van der Waals surface area contributed by atoms with Crippen LogP contribution in [0.2, 0.25) is 0 Å². The minimum atomic E-state index is -0.347. The minimum absolute atomic E-state index is 0.0764. The molecule has 8 nitrogen and oxygen atoms in total. The van der Waals surface area contributed by atoms with E-state index in [0.29, 0.717) is 29.5 Å². The van der Waals surface area contributed by atoms with E-state index in [1.807, 2.05) is 36.4 Å². The van der Waals surface area contributed by atoms with E-state index in [0.717, 1.165) is 16.8 Å². The molecule has 0 aliphatic rings.